The minimum Gasteiger partial charge on any atom is -0.494 e. The number of hydrogen-bond acceptors (Lipinski definition) is 5. The van der Waals surface area contributed by atoms with Crippen molar-refractivity contribution in [1.82, 2.24) is 10.6 Å². The van der Waals surface area contributed by atoms with Gasteiger partial charge >= 0.3 is 12.0 Å². The van der Waals surface area contributed by atoms with Crippen molar-refractivity contribution in [1.29, 1.82) is 0 Å². The number of hydrogen-bond donors (Lipinski definition) is 2. The van der Waals surface area contributed by atoms with E-state index in [-0.39, 0.29) is 6.42 Å². The summed E-state index contributed by atoms with van der Waals surface area (Å²) in [6.45, 7) is 3.76. The summed E-state index contributed by atoms with van der Waals surface area (Å²) in [5, 5.41) is 4.27. The molecule has 23 heavy (non-hydrogen) atoms. The van der Waals surface area contributed by atoms with Crippen LogP contribution in [-0.4, -0.2) is 37.7 Å². The predicted molar refractivity (Wildman–Crippen MR) is 84.1 cm³/mol. The van der Waals surface area contributed by atoms with Crippen molar-refractivity contribution in [3.63, 3.8) is 0 Å². The summed E-state index contributed by atoms with van der Waals surface area (Å²) in [6, 6.07) is 6.95. The molecule has 1 aromatic rings. The highest BCUT2D eigenvalue weighted by atomic mass is 16.5. The van der Waals surface area contributed by atoms with Crippen molar-refractivity contribution in [2.75, 3.05) is 13.7 Å². The van der Waals surface area contributed by atoms with Crippen LogP contribution >= 0.6 is 0 Å². The van der Waals surface area contributed by atoms with Gasteiger partial charge in [0, 0.05) is 13.5 Å². The second-order valence-corrected chi connectivity index (χ2v) is 4.97. The number of aryl methyl sites for hydroxylation is 1. The Hall–Kier alpha value is -2.57. The van der Waals surface area contributed by atoms with Crippen LogP contribution in [0, 0.1) is 6.92 Å². The quantitative estimate of drug-likeness (QED) is 0.587. The van der Waals surface area contributed by atoms with Gasteiger partial charge in [-0.15, -0.1) is 0 Å². The summed E-state index contributed by atoms with van der Waals surface area (Å²) >= 11 is 0. The molecule has 0 fully saturated rings. The van der Waals surface area contributed by atoms with Crippen LogP contribution < -0.4 is 15.4 Å². The molecule has 0 unspecified atom stereocenters. The number of nitrogens with one attached hydrogen (secondary N) is 2. The number of amides is 3. The fourth-order valence-electron chi connectivity index (χ4n) is 1.63. The van der Waals surface area contributed by atoms with E-state index in [4.69, 9.17) is 9.47 Å². The second-order valence-electron chi connectivity index (χ2n) is 4.97. The van der Waals surface area contributed by atoms with Crippen molar-refractivity contribution in [2.24, 2.45) is 0 Å². The lowest BCUT2D eigenvalue weighted by atomic mass is 10.2. The molecule has 0 radical (unpaired) electrons. The molecular formula is C16H22N2O5. The molecule has 0 heterocycles. The van der Waals surface area contributed by atoms with Crippen molar-refractivity contribution in [3.8, 4) is 5.75 Å². The molecule has 0 saturated heterocycles. The molecule has 3 amide bonds. The zero-order valence-electron chi connectivity index (χ0n) is 13.5. The van der Waals surface area contributed by atoms with Gasteiger partial charge in [-0.25, -0.2) is 4.79 Å². The molecule has 0 aliphatic heterocycles. The van der Waals surface area contributed by atoms with E-state index in [2.05, 4.69) is 5.32 Å². The first-order valence-corrected chi connectivity index (χ1v) is 7.34. The fraction of sp³-hybridized carbons (Fsp3) is 0.438. The first-order chi connectivity index (χ1) is 10.9. The van der Waals surface area contributed by atoms with Crippen LogP contribution in [-0.2, 0) is 14.3 Å². The van der Waals surface area contributed by atoms with Crippen molar-refractivity contribution >= 4 is 17.9 Å². The molecule has 0 aromatic heterocycles. The minimum atomic E-state index is -1.03. The number of benzene rings is 1. The van der Waals surface area contributed by atoms with Gasteiger partial charge in [-0.1, -0.05) is 17.7 Å². The Morgan fingerprint density at radius 3 is 2.43 bits per heavy atom. The molecule has 1 rings (SSSR count). The lowest BCUT2D eigenvalue weighted by Crippen LogP contribution is -2.43. The van der Waals surface area contributed by atoms with E-state index in [0.29, 0.717) is 13.0 Å². The van der Waals surface area contributed by atoms with Crippen LogP contribution in [0.15, 0.2) is 24.3 Å². The van der Waals surface area contributed by atoms with Crippen molar-refractivity contribution in [3.05, 3.63) is 29.8 Å². The summed E-state index contributed by atoms with van der Waals surface area (Å²) < 4.78 is 10.4. The number of ether oxygens (including phenoxy) is 2. The van der Waals surface area contributed by atoms with E-state index in [1.54, 1.807) is 0 Å². The van der Waals surface area contributed by atoms with Crippen LogP contribution in [0.4, 0.5) is 4.79 Å². The maximum absolute atomic E-state index is 11.6. The summed E-state index contributed by atoms with van der Waals surface area (Å²) in [6.07, 6.45) is -0.433. The fourth-order valence-corrected chi connectivity index (χ4v) is 1.63. The molecule has 126 valence electrons. The Balaban J connectivity index is 2.22. The van der Waals surface area contributed by atoms with E-state index >= 15 is 0 Å². The van der Waals surface area contributed by atoms with Gasteiger partial charge in [0.15, 0.2) is 6.10 Å². The molecule has 0 bridgehead atoms. The Kier molecular flexibility index (Phi) is 7.59. The number of rotatable bonds is 7. The molecule has 0 spiro atoms. The molecule has 7 nitrogen and oxygen atoms in total. The average molecular weight is 322 g/mol. The van der Waals surface area contributed by atoms with E-state index in [9.17, 15) is 14.4 Å². The smallest absolute Gasteiger partial charge is 0.321 e. The Bertz CT molecular complexity index is 542. The van der Waals surface area contributed by atoms with Gasteiger partial charge in [0.25, 0.3) is 5.91 Å². The molecule has 1 atom stereocenters. The van der Waals surface area contributed by atoms with Gasteiger partial charge in [0.1, 0.15) is 5.75 Å². The third-order valence-electron chi connectivity index (χ3n) is 2.96. The monoisotopic (exact) mass is 322 g/mol. The van der Waals surface area contributed by atoms with E-state index in [1.807, 2.05) is 36.5 Å². The predicted octanol–water partition coefficient (Wildman–Crippen LogP) is 1.54. The molecule has 7 heteroatoms. The van der Waals surface area contributed by atoms with Crippen LogP contribution in [0.3, 0.4) is 0 Å². The third kappa shape index (κ3) is 7.30. The van der Waals surface area contributed by atoms with E-state index < -0.39 is 24.0 Å². The summed E-state index contributed by atoms with van der Waals surface area (Å²) in [5.41, 5.74) is 1.14. The molecule has 1 aromatic carbocycles. The molecule has 0 aliphatic carbocycles. The Morgan fingerprint density at radius 2 is 1.83 bits per heavy atom. The zero-order valence-corrected chi connectivity index (χ0v) is 13.5. The summed E-state index contributed by atoms with van der Waals surface area (Å²) in [7, 11) is 1.38. The largest absolute Gasteiger partial charge is 0.494 e. The first-order valence-electron chi connectivity index (χ1n) is 7.34. The minimum absolute atomic E-state index is 0.128. The maximum Gasteiger partial charge on any atom is 0.321 e. The van der Waals surface area contributed by atoms with Crippen molar-refractivity contribution in [2.45, 2.75) is 32.8 Å². The van der Waals surface area contributed by atoms with Gasteiger partial charge in [0.2, 0.25) is 0 Å². The number of carbonyl (C=O) groups is 3. The number of carbonyl (C=O) groups excluding carboxylic acids is 3. The summed E-state index contributed by atoms with van der Waals surface area (Å²) in [4.78, 5) is 34.1. The highest BCUT2D eigenvalue weighted by Crippen LogP contribution is 2.12. The molecule has 0 aliphatic rings. The highest BCUT2D eigenvalue weighted by molar-refractivity contribution is 5.96. The Morgan fingerprint density at radius 1 is 1.17 bits per heavy atom. The second kappa shape index (κ2) is 9.45. The van der Waals surface area contributed by atoms with Gasteiger partial charge < -0.3 is 14.8 Å². The maximum atomic E-state index is 11.6. The van der Waals surface area contributed by atoms with Crippen LogP contribution in [0.1, 0.15) is 25.3 Å². The van der Waals surface area contributed by atoms with E-state index in [1.165, 1.54) is 14.0 Å². The zero-order chi connectivity index (χ0) is 17.2. The SMILES string of the molecule is CNC(=O)NC(=O)[C@@H](C)OC(=O)CCCOc1ccc(C)cc1. The number of imide groups is 1. The van der Waals surface area contributed by atoms with Crippen LogP contribution in [0.2, 0.25) is 0 Å². The first kappa shape index (κ1) is 18.5. The van der Waals surface area contributed by atoms with Gasteiger partial charge in [-0.2, -0.15) is 0 Å². The number of esters is 1. The lowest BCUT2D eigenvalue weighted by Gasteiger charge is -2.12. The van der Waals surface area contributed by atoms with Gasteiger partial charge in [-0.3, -0.25) is 14.9 Å². The normalized spacial score (nSPS) is 11.3. The van der Waals surface area contributed by atoms with Crippen molar-refractivity contribution < 1.29 is 23.9 Å². The van der Waals surface area contributed by atoms with Gasteiger partial charge in [-0.05, 0) is 32.4 Å². The molecule has 2 N–H and O–H groups in total. The summed E-state index contributed by atoms with van der Waals surface area (Å²) in [5.74, 6) is -0.451. The number of urea groups is 1. The van der Waals surface area contributed by atoms with Gasteiger partial charge in [0.05, 0.1) is 6.61 Å². The standard InChI is InChI=1S/C16H22N2O5/c1-11-6-8-13(9-7-11)22-10-4-5-14(19)23-12(2)15(20)18-16(21)17-3/h6-9,12H,4-5,10H2,1-3H3,(H2,17,18,20,21)/t12-/m1/s1. The molecule has 0 saturated carbocycles. The highest BCUT2D eigenvalue weighted by Gasteiger charge is 2.19. The average Bonchev–Trinajstić information content (AvgIpc) is 2.52. The van der Waals surface area contributed by atoms with Crippen LogP contribution in [0.25, 0.3) is 0 Å². The molecular weight excluding hydrogens is 300 g/mol. The van der Waals surface area contributed by atoms with Crippen LogP contribution in [0.5, 0.6) is 5.75 Å². The van der Waals surface area contributed by atoms with E-state index in [0.717, 1.165) is 11.3 Å². The topological polar surface area (TPSA) is 93.7 Å². The lowest BCUT2D eigenvalue weighted by molar-refractivity contribution is -0.154. The third-order valence-corrected chi connectivity index (χ3v) is 2.96. The Labute approximate surface area is 135 Å².